The minimum absolute atomic E-state index is 0.0292. The number of carbonyl (C=O) groups is 1. The van der Waals surface area contributed by atoms with E-state index in [0.717, 1.165) is 25.7 Å². The molecule has 0 spiro atoms. The first kappa shape index (κ1) is 10.9. The molecule has 0 radical (unpaired) electrons. The molecule has 0 saturated heterocycles. The predicted octanol–water partition coefficient (Wildman–Crippen LogP) is 1.89. The van der Waals surface area contributed by atoms with E-state index < -0.39 is 0 Å². The van der Waals surface area contributed by atoms with Crippen molar-refractivity contribution < 1.29 is 4.79 Å². The SMILES string of the molecule is O=C(Nc1cccc(=O)[nH]1)C1CCCCC1. The molecule has 4 nitrogen and oxygen atoms in total. The molecule has 1 aliphatic rings. The molecule has 0 aromatic carbocycles. The zero-order chi connectivity index (χ0) is 11.4. The van der Waals surface area contributed by atoms with Gasteiger partial charge in [0.05, 0.1) is 0 Å². The zero-order valence-electron chi connectivity index (χ0n) is 9.16. The second-order valence-corrected chi connectivity index (χ2v) is 4.25. The molecule has 1 fully saturated rings. The Labute approximate surface area is 94.1 Å². The summed E-state index contributed by atoms with van der Waals surface area (Å²) < 4.78 is 0. The molecule has 0 unspecified atom stereocenters. The van der Waals surface area contributed by atoms with E-state index in [1.165, 1.54) is 12.5 Å². The number of hydrogen-bond acceptors (Lipinski definition) is 2. The van der Waals surface area contributed by atoms with Gasteiger partial charge in [-0.3, -0.25) is 9.59 Å². The van der Waals surface area contributed by atoms with Crippen molar-refractivity contribution in [3.63, 3.8) is 0 Å². The molecule has 4 heteroatoms. The Balaban J connectivity index is 1.98. The first-order valence-corrected chi connectivity index (χ1v) is 5.76. The van der Waals surface area contributed by atoms with E-state index in [1.807, 2.05) is 0 Å². The van der Waals surface area contributed by atoms with Crippen molar-refractivity contribution in [1.29, 1.82) is 0 Å². The monoisotopic (exact) mass is 220 g/mol. The molecule has 16 heavy (non-hydrogen) atoms. The van der Waals surface area contributed by atoms with Crippen molar-refractivity contribution in [3.05, 3.63) is 28.6 Å². The van der Waals surface area contributed by atoms with Gasteiger partial charge in [-0.2, -0.15) is 0 Å². The van der Waals surface area contributed by atoms with Gasteiger partial charge >= 0.3 is 0 Å². The number of amides is 1. The number of nitrogens with one attached hydrogen (secondary N) is 2. The third-order valence-corrected chi connectivity index (χ3v) is 3.00. The topological polar surface area (TPSA) is 62.0 Å². The van der Waals surface area contributed by atoms with E-state index in [4.69, 9.17) is 0 Å². The first-order valence-electron chi connectivity index (χ1n) is 5.76. The van der Waals surface area contributed by atoms with Crippen LogP contribution in [0.3, 0.4) is 0 Å². The van der Waals surface area contributed by atoms with Crippen molar-refractivity contribution in [2.75, 3.05) is 5.32 Å². The highest BCUT2D eigenvalue weighted by molar-refractivity contribution is 5.91. The zero-order valence-corrected chi connectivity index (χ0v) is 9.16. The Bertz CT molecular complexity index is 419. The summed E-state index contributed by atoms with van der Waals surface area (Å²) in [5, 5.41) is 2.76. The van der Waals surface area contributed by atoms with Crippen molar-refractivity contribution in [2.45, 2.75) is 32.1 Å². The summed E-state index contributed by atoms with van der Waals surface area (Å²) in [6.45, 7) is 0. The number of aromatic amines is 1. The summed E-state index contributed by atoms with van der Waals surface area (Å²) in [4.78, 5) is 25.5. The van der Waals surface area contributed by atoms with Crippen LogP contribution >= 0.6 is 0 Å². The minimum Gasteiger partial charge on any atom is -0.312 e. The van der Waals surface area contributed by atoms with Crippen LogP contribution in [0.5, 0.6) is 0 Å². The van der Waals surface area contributed by atoms with Crippen LogP contribution in [-0.2, 0) is 4.79 Å². The van der Waals surface area contributed by atoms with Crippen LogP contribution in [0.2, 0.25) is 0 Å². The minimum atomic E-state index is -0.193. The van der Waals surface area contributed by atoms with E-state index in [1.54, 1.807) is 12.1 Å². The van der Waals surface area contributed by atoms with E-state index in [0.29, 0.717) is 5.82 Å². The molecule has 86 valence electrons. The average molecular weight is 220 g/mol. The molecule has 1 heterocycles. The Morgan fingerprint density at radius 3 is 2.69 bits per heavy atom. The fraction of sp³-hybridized carbons (Fsp3) is 0.500. The van der Waals surface area contributed by atoms with E-state index >= 15 is 0 Å². The lowest BCUT2D eigenvalue weighted by atomic mass is 9.89. The second-order valence-electron chi connectivity index (χ2n) is 4.25. The highest BCUT2D eigenvalue weighted by Crippen LogP contribution is 2.24. The average Bonchev–Trinajstić information content (AvgIpc) is 2.30. The fourth-order valence-electron chi connectivity index (χ4n) is 2.12. The highest BCUT2D eigenvalue weighted by atomic mass is 16.2. The maximum Gasteiger partial charge on any atom is 0.249 e. The molecule has 0 bridgehead atoms. The van der Waals surface area contributed by atoms with Crippen LogP contribution in [0.25, 0.3) is 0 Å². The molecule has 1 amide bonds. The Kier molecular flexibility index (Phi) is 3.39. The van der Waals surface area contributed by atoms with Crippen LogP contribution in [0.1, 0.15) is 32.1 Å². The molecule has 2 rings (SSSR count). The quantitative estimate of drug-likeness (QED) is 0.799. The van der Waals surface area contributed by atoms with Gasteiger partial charge in [0.1, 0.15) is 5.82 Å². The molecular weight excluding hydrogens is 204 g/mol. The summed E-state index contributed by atoms with van der Waals surface area (Å²) in [5.74, 6) is 0.627. The van der Waals surface area contributed by atoms with Crippen molar-refractivity contribution in [1.82, 2.24) is 4.98 Å². The van der Waals surface area contributed by atoms with Gasteiger partial charge in [-0.1, -0.05) is 25.3 Å². The lowest BCUT2D eigenvalue weighted by Gasteiger charge is -2.20. The Morgan fingerprint density at radius 2 is 2.00 bits per heavy atom. The van der Waals surface area contributed by atoms with Gasteiger partial charge in [0.2, 0.25) is 11.5 Å². The summed E-state index contributed by atoms with van der Waals surface area (Å²) >= 11 is 0. The normalized spacial score (nSPS) is 17.0. The standard InChI is InChI=1S/C12H16N2O2/c15-11-8-4-7-10(13-11)14-12(16)9-5-2-1-3-6-9/h4,7-9H,1-3,5-6H2,(H2,13,14,15,16). The fourth-order valence-corrected chi connectivity index (χ4v) is 2.12. The molecule has 0 atom stereocenters. The van der Waals surface area contributed by atoms with Crippen LogP contribution in [0.4, 0.5) is 5.82 Å². The van der Waals surface area contributed by atoms with Gasteiger partial charge in [0, 0.05) is 12.0 Å². The molecule has 1 saturated carbocycles. The highest BCUT2D eigenvalue weighted by Gasteiger charge is 2.20. The Hall–Kier alpha value is -1.58. The predicted molar refractivity (Wildman–Crippen MR) is 62.3 cm³/mol. The second kappa shape index (κ2) is 4.96. The Morgan fingerprint density at radius 1 is 1.25 bits per heavy atom. The van der Waals surface area contributed by atoms with Crippen molar-refractivity contribution >= 4 is 11.7 Å². The molecule has 1 aromatic rings. The number of hydrogen-bond donors (Lipinski definition) is 2. The summed E-state index contributed by atoms with van der Waals surface area (Å²) in [6.07, 6.45) is 5.41. The van der Waals surface area contributed by atoms with Crippen molar-refractivity contribution in [2.24, 2.45) is 5.92 Å². The van der Waals surface area contributed by atoms with Gasteiger partial charge in [-0.25, -0.2) is 0 Å². The van der Waals surface area contributed by atoms with E-state index in [-0.39, 0.29) is 17.4 Å². The number of carbonyl (C=O) groups excluding carboxylic acids is 1. The third kappa shape index (κ3) is 2.72. The third-order valence-electron chi connectivity index (χ3n) is 3.00. The first-order chi connectivity index (χ1) is 7.75. The molecule has 0 aliphatic heterocycles. The molecule has 1 aliphatic carbocycles. The van der Waals surface area contributed by atoms with E-state index in [2.05, 4.69) is 10.3 Å². The number of pyridine rings is 1. The van der Waals surface area contributed by atoms with Crippen LogP contribution < -0.4 is 10.9 Å². The number of rotatable bonds is 2. The molecule has 1 aromatic heterocycles. The summed E-state index contributed by atoms with van der Waals surface area (Å²) in [5.41, 5.74) is -0.193. The van der Waals surface area contributed by atoms with Gasteiger partial charge < -0.3 is 10.3 Å². The van der Waals surface area contributed by atoms with Crippen molar-refractivity contribution in [3.8, 4) is 0 Å². The molecular formula is C12H16N2O2. The lowest BCUT2D eigenvalue weighted by molar-refractivity contribution is -0.120. The smallest absolute Gasteiger partial charge is 0.249 e. The number of aromatic nitrogens is 1. The van der Waals surface area contributed by atoms with Gasteiger partial charge in [0.15, 0.2) is 0 Å². The van der Waals surface area contributed by atoms with E-state index in [9.17, 15) is 9.59 Å². The van der Waals surface area contributed by atoms with Crippen LogP contribution in [0.15, 0.2) is 23.0 Å². The maximum absolute atomic E-state index is 11.8. The summed E-state index contributed by atoms with van der Waals surface area (Å²) in [7, 11) is 0. The van der Waals surface area contributed by atoms with Gasteiger partial charge in [0.25, 0.3) is 0 Å². The number of H-pyrrole nitrogens is 1. The van der Waals surface area contributed by atoms with Crippen LogP contribution in [-0.4, -0.2) is 10.9 Å². The largest absolute Gasteiger partial charge is 0.312 e. The summed E-state index contributed by atoms with van der Waals surface area (Å²) in [6, 6.07) is 4.76. The van der Waals surface area contributed by atoms with Crippen LogP contribution in [0, 0.1) is 5.92 Å². The number of anilines is 1. The van der Waals surface area contributed by atoms with Gasteiger partial charge in [-0.15, -0.1) is 0 Å². The lowest BCUT2D eigenvalue weighted by Crippen LogP contribution is -2.25. The van der Waals surface area contributed by atoms with Gasteiger partial charge in [-0.05, 0) is 18.9 Å². The maximum atomic E-state index is 11.8. The molecule has 2 N–H and O–H groups in total.